The minimum Gasteiger partial charge on any atom is -0.357 e. The Kier molecular flexibility index (Phi) is 3.84. The van der Waals surface area contributed by atoms with Crippen LogP contribution in [-0.4, -0.2) is 40.5 Å². The molecule has 1 saturated heterocycles. The van der Waals surface area contributed by atoms with E-state index in [-0.39, 0.29) is 11.0 Å². The molecule has 0 atom stereocenters. The van der Waals surface area contributed by atoms with Gasteiger partial charge in [0.1, 0.15) is 0 Å². The molecule has 1 aromatic carbocycles. The summed E-state index contributed by atoms with van der Waals surface area (Å²) in [5, 5.41) is 3.07. The number of nitrogens with one attached hydrogen (secondary N) is 1. The van der Waals surface area contributed by atoms with E-state index in [1.54, 1.807) is 0 Å². The summed E-state index contributed by atoms with van der Waals surface area (Å²) in [5.41, 5.74) is 5.67. The topological polar surface area (TPSA) is 41.1 Å². The van der Waals surface area contributed by atoms with Crippen LogP contribution in [0.1, 0.15) is 44.7 Å². The summed E-state index contributed by atoms with van der Waals surface area (Å²) < 4.78 is 0. The molecular formula is C21H28N4. The molecule has 1 spiro atoms. The van der Waals surface area contributed by atoms with Gasteiger partial charge in [0.25, 0.3) is 0 Å². The number of anilines is 1. The van der Waals surface area contributed by atoms with Crippen molar-refractivity contribution in [3.05, 3.63) is 41.6 Å². The number of nitrogens with zero attached hydrogens (tertiary/aromatic N) is 3. The normalized spacial score (nSPS) is 19.4. The van der Waals surface area contributed by atoms with Crippen molar-refractivity contribution in [2.75, 3.05) is 25.5 Å². The van der Waals surface area contributed by atoms with Gasteiger partial charge in [-0.25, -0.2) is 9.97 Å². The summed E-state index contributed by atoms with van der Waals surface area (Å²) in [7, 11) is 1.88. The first kappa shape index (κ1) is 16.5. The van der Waals surface area contributed by atoms with Crippen LogP contribution in [0.3, 0.4) is 0 Å². The molecular weight excluding hydrogens is 308 g/mol. The van der Waals surface area contributed by atoms with Crippen molar-refractivity contribution in [1.29, 1.82) is 0 Å². The van der Waals surface area contributed by atoms with Crippen LogP contribution in [-0.2, 0) is 11.8 Å². The second-order valence-corrected chi connectivity index (χ2v) is 8.48. The van der Waals surface area contributed by atoms with Crippen LogP contribution in [0, 0.1) is 0 Å². The number of piperidine rings is 1. The van der Waals surface area contributed by atoms with Gasteiger partial charge in [0.2, 0.25) is 5.95 Å². The van der Waals surface area contributed by atoms with E-state index >= 15 is 0 Å². The van der Waals surface area contributed by atoms with Gasteiger partial charge in [-0.1, -0.05) is 24.3 Å². The summed E-state index contributed by atoms with van der Waals surface area (Å²) in [6, 6.07) is 8.87. The van der Waals surface area contributed by atoms with Crippen molar-refractivity contribution < 1.29 is 0 Å². The van der Waals surface area contributed by atoms with E-state index in [4.69, 9.17) is 4.98 Å². The quantitative estimate of drug-likeness (QED) is 0.858. The van der Waals surface area contributed by atoms with Crippen molar-refractivity contribution in [3.8, 4) is 11.3 Å². The zero-order chi connectivity index (χ0) is 17.7. The molecule has 0 radical (unpaired) electrons. The molecule has 1 N–H and O–H groups in total. The van der Waals surface area contributed by atoms with Crippen LogP contribution in [0.4, 0.5) is 5.95 Å². The third kappa shape index (κ3) is 2.73. The van der Waals surface area contributed by atoms with Gasteiger partial charge in [0.15, 0.2) is 0 Å². The zero-order valence-electron chi connectivity index (χ0n) is 15.8. The zero-order valence-corrected chi connectivity index (χ0v) is 15.8. The van der Waals surface area contributed by atoms with Gasteiger partial charge in [0.05, 0.1) is 5.69 Å². The Hall–Kier alpha value is -1.94. The van der Waals surface area contributed by atoms with E-state index in [2.05, 4.69) is 60.2 Å². The van der Waals surface area contributed by atoms with Gasteiger partial charge in [0, 0.05) is 29.8 Å². The lowest BCUT2D eigenvalue weighted by Gasteiger charge is -2.49. The number of benzene rings is 1. The summed E-state index contributed by atoms with van der Waals surface area (Å²) >= 11 is 0. The molecule has 2 aromatic rings. The lowest BCUT2D eigenvalue weighted by atomic mass is 9.64. The van der Waals surface area contributed by atoms with Crippen molar-refractivity contribution in [2.24, 2.45) is 0 Å². The summed E-state index contributed by atoms with van der Waals surface area (Å²) in [4.78, 5) is 11.9. The smallest absolute Gasteiger partial charge is 0.222 e. The van der Waals surface area contributed by atoms with Gasteiger partial charge in [-0.15, -0.1) is 0 Å². The molecule has 1 aliphatic carbocycles. The molecule has 2 aliphatic rings. The maximum absolute atomic E-state index is 4.77. The van der Waals surface area contributed by atoms with Crippen molar-refractivity contribution in [3.63, 3.8) is 0 Å². The van der Waals surface area contributed by atoms with Crippen LogP contribution < -0.4 is 5.32 Å². The average Bonchev–Trinajstić information content (AvgIpc) is 2.61. The van der Waals surface area contributed by atoms with Crippen LogP contribution in [0.15, 0.2) is 30.5 Å². The van der Waals surface area contributed by atoms with Gasteiger partial charge in [-0.3, -0.25) is 4.90 Å². The fourth-order valence-corrected chi connectivity index (χ4v) is 4.55. The van der Waals surface area contributed by atoms with E-state index in [0.717, 1.165) is 25.2 Å². The summed E-state index contributed by atoms with van der Waals surface area (Å²) in [6.07, 6.45) is 5.49. The number of fused-ring (bicyclic) bond motifs is 4. The Labute approximate surface area is 150 Å². The molecule has 2 heterocycles. The number of hydrogen-bond acceptors (Lipinski definition) is 4. The molecule has 1 aliphatic heterocycles. The Bertz CT molecular complexity index is 783. The third-order valence-corrected chi connectivity index (χ3v) is 6.04. The minimum absolute atomic E-state index is 0.232. The lowest BCUT2D eigenvalue weighted by molar-refractivity contribution is 0.0735. The third-order valence-electron chi connectivity index (χ3n) is 6.04. The predicted molar refractivity (Wildman–Crippen MR) is 103 cm³/mol. The highest BCUT2D eigenvalue weighted by Gasteiger charge is 2.43. The highest BCUT2D eigenvalue weighted by molar-refractivity contribution is 5.72. The average molecular weight is 336 g/mol. The number of rotatable bonds is 1. The van der Waals surface area contributed by atoms with Gasteiger partial charge >= 0.3 is 0 Å². The van der Waals surface area contributed by atoms with E-state index in [9.17, 15) is 0 Å². The first-order chi connectivity index (χ1) is 11.9. The first-order valence-corrected chi connectivity index (χ1v) is 9.32. The number of hydrogen-bond donors (Lipinski definition) is 1. The summed E-state index contributed by atoms with van der Waals surface area (Å²) in [5.74, 6) is 0.701. The molecule has 132 valence electrons. The Balaban J connectivity index is 1.75. The SMILES string of the molecule is CNc1ncc2c(n1)-c1ccccc1C1(CCN(C(C)(C)C)CC1)C2. The summed E-state index contributed by atoms with van der Waals surface area (Å²) in [6.45, 7) is 9.28. The largest absolute Gasteiger partial charge is 0.357 e. The van der Waals surface area contributed by atoms with Gasteiger partial charge in [-0.05, 0) is 64.3 Å². The molecule has 4 heteroatoms. The van der Waals surface area contributed by atoms with Crippen molar-refractivity contribution >= 4 is 5.95 Å². The standard InChI is InChI=1S/C21H28N4/c1-20(2,3)25-11-9-21(10-12-25)13-15-14-23-19(22-4)24-18(15)16-7-5-6-8-17(16)21/h5-8,14H,9-13H2,1-4H3,(H,22,23,24). The number of likely N-dealkylation sites (tertiary alicyclic amines) is 1. The van der Waals surface area contributed by atoms with E-state index in [1.165, 1.54) is 29.5 Å². The second kappa shape index (κ2) is 5.80. The van der Waals surface area contributed by atoms with Crippen molar-refractivity contribution in [2.45, 2.75) is 51.0 Å². The molecule has 4 rings (SSSR count). The highest BCUT2D eigenvalue weighted by Crippen LogP contribution is 2.48. The maximum Gasteiger partial charge on any atom is 0.222 e. The fraction of sp³-hybridized carbons (Fsp3) is 0.524. The number of aromatic nitrogens is 2. The van der Waals surface area contributed by atoms with Gasteiger partial charge in [-0.2, -0.15) is 0 Å². The van der Waals surface area contributed by atoms with Crippen LogP contribution in [0.2, 0.25) is 0 Å². The molecule has 1 aromatic heterocycles. The Morgan fingerprint density at radius 2 is 1.84 bits per heavy atom. The minimum atomic E-state index is 0.232. The second-order valence-electron chi connectivity index (χ2n) is 8.48. The van der Waals surface area contributed by atoms with Crippen LogP contribution in [0.25, 0.3) is 11.3 Å². The molecule has 0 unspecified atom stereocenters. The maximum atomic E-state index is 4.77. The molecule has 25 heavy (non-hydrogen) atoms. The van der Waals surface area contributed by atoms with E-state index < -0.39 is 0 Å². The first-order valence-electron chi connectivity index (χ1n) is 9.32. The Morgan fingerprint density at radius 3 is 2.52 bits per heavy atom. The Morgan fingerprint density at radius 1 is 1.12 bits per heavy atom. The fourth-order valence-electron chi connectivity index (χ4n) is 4.55. The molecule has 0 amide bonds. The monoisotopic (exact) mass is 336 g/mol. The molecule has 0 saturated carbocycles. The molecule has 4 nitrogen and oxygen atoms in total. The molecule has 0 bridgehead atoms. The van der Waals surface area contributed by atoms with E-state index in [0.29, 0.717) is 5.95 Å². The van der Waals surface area contributed by atoms with Crippen LogP contribution in [0.5, 0.6) is 0 Å². The van der Waals surface area contributed by atoms with Crippen LogP contribution >= 0.6 is 0 Å². The highest BCUT2D eigenvalue weighted by atomic mass is 15.2. The predicted octanol–water partition coefficient (Wildman–Crippen LogP) is 3.87. The van der Waals surface area contributed by atoms with E-state index in [1.807, 2.05) is 13.2 Å². The van der Waals surface area contributed by atoms with Crippen molar-refractivity contribution in [1.82, 2.24) is 14.9 Å². The van der Waals surface area contributed by atoms with Gasteiger partial charge < -0.3 is 5.32 Å². The molecule has 1 fully saturated rings. The lowest BCUT2D eigenvalue weighted by Crippen LogP contribution is -2.51.